The first-order valence-electron chi connectivity index (χ1n) is 5.56. The van der Waals surface area contributed by atoms with Gasteiger partial charge in [-0.25, -0.2) is 4.39 Å². The Kier molecular flexibility index (Phi) is 3.56. The summed E-state index contributed by atoms with van der Waals surface area (Å²) >= 11 is 3.36. The molecule has 0 atom stereocenters. The smallest absolute Gasteiger partial charge is 0.152 e. The maximum atomic E-state index is 13.2. The van der Waals surface area contributed by atoms with Gasteiger partial charge in [-0.05, 0) is 40.5 Å². The number of hydrogen-bond acceptors (Lipinski definition) is 3. The molecule has 0 aliphatic carbocycles. The van der Waals surface area contributed by atoms with Crippen LogP contribution in [0, 0.1) is 5.82 Å². The van der Waals surface area contributed by atoms with Crippen molar-refractivity contribution in [2.45, 2.75) is 13.3 Å². The minimum atomic E-state index is -0.308. The Bertz CT molecular complexity index is 580. The van der Waals surface area contributed by atoms with Gasteiger partial charge in [0.25, 0.3) is 0 Å². The molecule has 2 rings (SSSR count). The average molecular weight is 313 g/mol. The number of nitrogen functional groups attached to an aromatic ring is 1. The average Bonchev–Trinajstić information content (AvgIpc) is 2.61. The number of anilines is 3. The fourth-order valence-electron chi connectivity index (χ4n) is 1.73. The highest BCUT2D eigenvalue weighted by atomic mass is 79.9. The van der Waals surface area contributed by atoms with Gasteiger partial charge in [-0.1, -0.05) is 6.92 Å². The first-order chi connectivity index (χ1) is 8.52. The van der Waals surface area contributed by atoms with Gasteiger partial charge < -0.3 is 11.1 Å². The molecule has 96 valence electrons. The van der Waals surface area contributed by atoms with Gasteiger partial charge in [0.05, 0.1) is 17.1 Å². The van der Waals surface area contributed by atoms with Crippen molar-refractivity contribution in [2.75, 3.05) is 11.1 Å². The molecule has 0 radical (unpaired) electrons. The Labute approximate surface area is 113 Å². The van der Waals surface area contributed by atoms with E-state index in [4.69, 9.17) is 5.73 Å². The van der Waals surface area contributed by atoms with Crippen molar-refractivity contribution in [1.82, 2.24) is 9.78 Å². The standard InChI is InChI=1S/C12H14BrFN4/c1-3-9-11(15)12(18(2)17-9)16-10-6-7(14)4-5-8(10)13/h4-6,16H,3,15H2,1-2H3. The molecule has 0 spiro atoms. The zero-order chi connectivity index (χ0) is 13.3. The summed E-state index contributed by atoms with van der Waals surface area (Å²) in [5.41, 5.74) is 8.03. The SMILES string of the molecule is CCc1nn(C)c(Nc2cc(F)ccc2Br)c1N. The predicted molar refractivity (Wildman–Crippen MR) is 74.4 cm³/mol. The maximum Gasteiger partial charge on any atom is 0.152 e. The lowest BCUT2D eigenvalue weighted by atomic mass is 10.2. The molecule has 2 aromatic rings. The van der Waals surface area contributed by atoms with Gasteiger partial charge in [0, 0.05) is 11.5 Å². The number of aryl methyl sites for hydroxylation is 2. The summed E-state index contributed by atoms with van der Waals surface area (Å²) in [6.45, 7) is 1.99. The van der Waals surface area contributed by atoms with Crippen LogP contribution < -0.4 is 11.1 Å². The Balaban J connectivity index is 2.39. The number of halogens is 2. The second-order valence-electron chi connectivity index (χ2n) is 3.94. The molecule has 6 heteroatoms. The van der Waals surface area contributed by atoms with E-state index in [9.17, 15) is 4.39 Å². The molecule has 0 aliphatic heterocycles. The summed E-state index contributed by atoms with van der Waals surface area (Å²) in [4.78, 5) is 0. The van der Waals surface area contributed by atoms with Crippen molar-refractivity contribution in [3.63, 3.8) is 0 Å². The fourth-order valence-corrected chi connectivity index (χ4v) is 2.07. The van der Waals surface area contributed by atoms with Crippen molar-refractivity contribution >= 4 is 33.1 Å². The van der Waals surface area contributed by atoms with E-state index in [1.54, 1.807) is 17.8 Å². The third-order valence-corrected chi connectivity index (χ3v) is 3.37. The van der Waals surface area contributed by atoms with Crippen LogP contribution in [0.4, 0.5) is 21.6 Å². The van der Waals surface area contributed by atoms with Crippen molar-refractivity contribution in [2.24, 2.45) is 7.05 Å². The molecule has 0 fully saturated rings. The monoisotopic (exact) mass is 312 g/mol. The van der Waals surface area contributed by atoms with Gasteiger partial charge in [-0.15, -0.1) is 0 Å². The molecule has 0 unspecified atom stereocenters. The summed E-state index contributed by atoms with van der Waals surface area (Å²) in [5.74, 6) is 0.357. The Morgan fingerprint density at radius 1 is 1.50 bits per heavy atom. The van der Waals surface area contributed by atoms with Crippen LogP contribution in [0.1, 0.15) is 12.6 Å². The number of rotatable bonds is 3. The van der Waals surface area contributed by atoms with E-state index < -0.39 is 0 Å². The second kappa shape index (κ2) is 4.97. The molecule has 3 N–H and O–H groups in total. The minimum absolute atomic E-state index is 0.308. The van der Waals surface area contributed by atoms with E-state index in [2.05, 4.69) is 26.3 Å². The van der Waals surface area contributed by atoms with Crippen LogP contribution in [0.5, 0.6) is 0 Å². The van der Waals surface area contributed by atoms with Crippen LogP contribution in [-0.2, 0) is 13.5 Å². The Morgan fingerprint density at radius 2 is 2.22 bits per heavy atom. The Hall–Kier alpha value is -1.56. The normalized spacial score (nSPS) is 10.7. The van der Waals surface area contributed by atoms with E-state index in [1.165, 1.54) is 12.1 Å². The lowest BCUT2D eigenvalue weighted by Gasteiger charge is -2.09. The first-order valence-corrected chi connectivity index (χ1v) is 6.35. The van der Waals surface area contributed by atoms with E-state index in [0.29, 0.717) is 17.2 Å². The van der Waals surface area contributed by atoms with Crippen LogP contribution in [0.25, 0.3) is 0 Å². The van der Waals surface area contributed by atoms with E-state index in [0.717, 1.165) is 16.6 Å². The van der Waals surface area contributed by atoms with Crippen molar-refractivity contribution in [3.05, 3.63) is 34.2 Å². The summed E-state index contributed by atoms with van der Waals surface area (Å²) in [5, 5.41) is 7.39. The molecule has 0 aliphatic rings. The highest BCUT2D eigenvalue weighted by molar-refractivity contribution is 9.10. The summed E-state index contributed by atoms with van der Waals surface area (Å²) in [6.07, 6.45) is 0.756. The van der Waals surface area contributed by atoms with Crippen molar-refractivity contribution < 1.29 is 4.39 Å². The molecule has 1 aromatic carbocycles. The van der Waals surface area contributed by atoms with Crippen LogP contribution in [-0.4, -0.2) is 9.78 Å². The van der Waals surface area contributed by atoms with E-state index in [1.807, 2.05) is 6.92 Å². The molecule has 1 aromatic heterocycles. The van der Waals surface area contributed by atoms with Crippen molar-refractivity contribution in [1.29, 1.82) is 0 Å². The minimum Gasteiger partial charge on any atom is -0.394 e. The van der Waals surface area contributed by atoms with E-state index >= 15 is 0 Å². The van der Waals surface area contributed by atoms with Gasteiger partial charge in [0.1, 0.15) is 5.82 Å². The fraction of sp³-hybridized carbons (Fsp3) is 0.250. The molecular weight excluding hydrogens is 299 g/mol. The zero-order valence-corrected chi connectivity index (χ0v) is 11.8. The van der Waals surface area contributed by atoms with Crippen LogP contribution in [0.3, 0.4) is 0 Å². The molecule has 0 saturated carbocycles. The van der Waals surface area contributed by atoms with Crippen LogP contribution in [0.15, 0.2) is 22.7 Å². The highest BCUT2D eigenvalue weighted by Gasteiger charge is 2.13. The molecule has 18 heavy (non-hydrogen) atoms. The highest BCUT2D eigenvalue weighted by Crippen LogP contribution is 2.30. The molecule has 1 heterocycles. The predicted octanol–water partition coefficient (Wildman–Crippen LogP) is 3.21. The molecule has 0 bridgehead atoms. The quantitative estimate of drug-likeness (QED) is 0.915. The number of hydrogen-bond donors (Lipinski definition) is 2. The molecule has 0 amide bonds. The van der Waals surface area contributed by atoms with Crippen LogP contribution in [0.2, 0.25) is 0 Å². The summed E-state index contributed by atoms with van der Waals surface area (Å²) in [6, 6.07) is 4.44. The maximum absolute atomic E-state index is 13.2. The number of nitrogens with zero attached hydrogens (tertiary/aromatic N) is 2. The van der Waals surface area contributed by atoms with Gasteiger partial charge in [-0.2, -0.15) is 5.10 Å². The number of nitrogens with one attached hydrogen (secondary N) is 1. The molecule has 4 nitrogen and oxygen atoms in total. The van der Waals surface area contributed by atoms with Crippen LogP contribution >= 0.6 is 15.9 Å². The van der Waals surface area contributed by atoms with Gasteiger partial charge in [0.15, 0.2) is 5.82 Å². The van der Waals surface area contributed by atoms with Gasteiger partial charge in [-0.3, -0.25) is 4.68 Å². The molecular formula is C12H14BrFN4. The third-order valence-electron chi connectivity index (χ3n) is 2.68. The number of aromatic nitrogens is 2. The third kappa shape index (κ3) is 2.33. The zero-order valence-electron chi connectivity index (χ0n) is 10.2. The van der Waals surface area contributed by atoms with Gasteiger partial charge in [0.2, 0.25) is 0 Å². The largest absolute Gasteiger partial charge is 0.394 e. The van der Waals surface area contributed by atoms with Crippen molar-refractivity contribution in [3.8, 4) is 0 Å². The lowest BCUT2D eigenvalue weighted by Crippen LogP contribution is -2.02. The lowest BCUT2D eigenvalue weighted by molar-refractivity contribution is 0.628. The number of benzene rings is 1. The topological polar surface area (TPSA) is 55.9 Å². The number of nitrogens with two attached hydrogens (primary N) is 1. The molecule has 0 saturated heterocycles. The first kappa shape index (κ1) is 12.9. The second-order valence-corrected chi connectivity index (χ2v) is 4.79. The summed E-state index contributed by atoms with van der Waals surface area (Å²) < 4.78 is 15.6. The Morgan fingerprint density at radius 3 is 2.83 bits per heavy atom. The van der Waals surface area contributed by atoms with Gasteiger partial charge >= 0.3 is 0 Å². The van der Waals surface area contributed by atoms with E-state index in [-0.39, 0.29) is 5.82 Å². The summed E-state index contributed by atoms with van der Waals surface area (Å²) in [7, 11) is 1.80.